The van der Waals surface area contributed by atoms with Crippen molar-refractivity contribution >= 4 is 17.4 Å². The number of aliphatic hydroxyl groups excluding tert-OH is 1. The highest BCUT2D eigenvalue weighted by Gasteiger charge is 2.27. The van der Waals surface area contributed by atoms with Crippen LogP contribution in [0.2, 0.25) is 0 Å². The largest absolute Gasteiger partial charge is 0.443 e. The van der Waals surface area contributed by atoms with Gasteiger partial charge in [-0.2, -0.15) is 0 Å². The molecule has 0 unspecified atom stereocenters. The fourth-order valence-electron chi connectivity index (χ4n) is 1.49. The van der Waals surface area contributed by atoms with Crippen molar-refractivity contribution < 1.29 is 14.6 Å². The summed E-state index contributed by atoms with van der Waals surface area (Å²) in [5.41, 5.74) is 0.376. The number of amides is 1. The van der Waals surface area contributed by atoms with Gasteiger partial charge in [-0.3, -0.25) is 0 Å². The first-order chi connectivity index (χ1) is 8.34. The van der Waals surface area contributed by atoms with Crippen molar-refractivity contribution in [1.82, 2.24) is 9.88 Å². The number of hydrogen-bond acceptors (Lipinski definition) is 5. The smallest absolute Gasteiger partial charge is 0.410 e. The van der Waals surface area contributed by atoms with Gasteiger partial charge >= 0.3 is 6.09 Å². The van der Waals surface area contributed by atoms with Crippen molar-refractivity contribution in [2.45, 2.75) is 39.8 Å². The second kappa shape index (κ2) is 6.15. The standard InChI is InChI=1S/C12H20N2O3S/c1-9-13-10(8-18-9)7-17-11(16)14(5-6-15)12(2,3)4/h8,15H,5-7H2,1-4H3. The molecule has 0 saturated carbocycles. The average molecular weight is 272 g/mol. The second-order valence-electron chi connectivity index (χ2n) is 4.96. The van der Waals surface area contributed by atoms with Crippen LogP contribution in [0.1, 0.15) is 31.5 Å². The van der Waals surface area contributed by atoms with E-state index >= 15 is 0 Å². The van der Waals surface area contributed by atoms with Crippen LogP contribution in [0.5, 0.6) is 0 Å². The van der Waals surface area contributed by atoms with Gasteiger partial charge in [0.1, 0.15) is 6.61 Å². The van der Waals surface area contributed by atoms with Gasteiger partial charge in [0.25, 0.3) is 0 Å². The predicted octanol–water partition coefficient (Wildman–Crippen LogP) is 2.18. The van der Waals surface area contributed by atoms with Crippen LogP contribution in [0.3, 0.4) is 0 Å². The first kappa shape index (κ1) is 14.9. The van der Waals surface area contributed by atoms with Gasteiger partial charge in [-0.05, 0) is 27.7 Å². The number of hydrogen-bond donors (Lipinski definition) is 1. The lowest BCUT2D eigenvalue weighted by atomic mass is 10.1. The van der Waals surface area contributed by atoms with Crippen LogP contribution in [0.15, 0.2) is 5.38 Å². The molecular weight excluding hydrogens is 252 g/mol. The zero-order valence-electron chi connectivity index (χ0n) is 11.3. The molecule has 0 fully saturated rings. The molecule has 1 heterocycles. The molecule has 0 spiro atoms. The minimum Gasteiger partial charge on any atom is -0.443 e. The van der Waals surface area contributed by atoms with Gasteiger partial charge in [-0.1, -0.05) is 0 Å². The zero-order valence-corrected chi connectivity index (χ0v) is 12.1. The number of aliphatic hydroxyl groups is 1. The number of nitrogens with zero attached hydrogens (tertiary/aromatic N) is 2. The van der Waals surface area contributed by atoms with Crippen molar-refractivity contribution in [3.05, 3.63) is 16.1 Å². The van der Waals surface area contributed by atoms with Crippen molar-refractivity contribution in [2.24, 2.45) is 0 Å². The summed E-state index contributed by atoms with van der Waals surface area (Å²) in [6, 6.07) is 0. The van der Waals surface area contributed by atoms with Crippen LogP contribution in [0, 0.1) is 6.92 Å². The van der Waals surface area contributed by atoms with Crippen molar-refractivity contribution in [3.8, 4) is 0 Å². The van der Waals surface area contributed by atoms with E-state index in [0.717, 1.165) is 10.7 Å². The van der Waals surface area contributed by atoms with Crippen LogP contribution in [0.25, 0.3) is 0 Å². The highest BCUT2D eigenvalue weighted by atomic mass is 32.1. The van der Waals surface area contributed by atoms with E-state index in [1.807, 2.05) is 33.1 Å². The molecule has 1 aromatic heterocycles. The summed E-state index contributed by atoms with van der Waals surface area (Å²) in [5.74, 6) is 0. The Morgan fingerprint density at radius 2 is 2.22 bits per heavy atom. The topological polar surface area (TPSA) is 62.7 Å². The molecule has 1 rings (SSSR count). The number of ether oxygens (including phenoxy) is 1. The number of carbonyl (C=O) groups excluding carboxylic acids is 1. The number of β-amino-alcohol motifs (C(OH)–C–C–N with tert-alkyl or cyclic N) is 1. The quantitative estimate of drug-likeness (QED) is 0.912. The predicted molar refractivity (Wildman–Crippen MR) is 70.6 cm³/mol. The Morgan fingerprint density at radius 1 is 1.56 bits per heavy atom. The van der Waals surface area contributed by atoms with Crippen molar-refractivity contribution in [1.29, 1.82) is 0 Å². The number of aryl methyl sites for hydroxylation is 1. The van der Waals surface area contributed by atoms with Crippen LogP contribution < -0.4 is 0 Å². The summed E-state index contributed by atoms with van der Waals surface area (Å²) in [6.45, 7) is 7.95. The lowest BCUT2D eigenvalue weighted by Crippen LogP contribution is -2.47. The van der Waals surface area contributed by atoms with Crippen molar-refractivity contribution in [3.63, 3.8) is 0 Å². The van der Waals surface area contributed by atoms with E-state index in [9.17, 15) is 4.79 Å². The molecule has 0 aliphatic heterocycles. The summed E-state index contributed by atoms with van der Waals surface area (Å²) in [6.07, 6.45) is -0.429. The van der Waals surface area contributed by atoms with Gasteiger partial charge in [0.2, 0.25) is 0 Å². The third-order valence-electron chi connectivity index (χ3n) is 2.36. The molecule has 0 saturated heterocycles. The summed E-state index contributed by atoms with van der Waals surface area (Å²) in [7, 11) is 0. The highest BCUT2D eigenvalue weighted by molar-refractivity contribution is 7.09. The normalized spacial score (nSPS) is 11.4. The molecule has 6 heteroatoms. The third kappa shape index (κ3) is 4.27. The van der Waals surface area contributed by atoms with E-state index < -0.39 is 6.09 Å². The Balaban J connectivity index is 2.57. The maximum atomic E-state index is 11.9. The SMILES string of the molecule is Cc1nc(COC(=O)N(CCO)C(C)(C)C)cs1. The molecule has 1 aromatic rings. The highest BCUT2D eigenvalue weighted by Crippen LogP contribution is 2.15. The maximum Gasteiger partial charge on any atom is 0.410 e. The van der Waals surface area contributed by atoms with E-state index in [2.05, 4.69) is 4.98 Å². The van der Waals surface area contributed by atoms with Crippen molar-refractivity contribution in [2.75, 3.05) is 13.2 Å². The molecule has 0 radical (unpaired) electrons. The number of carbonyl (C=O) groups is 1. The minimum absolute atomic E-state index is 0.0812. The maximum absolute atomic E-state index is 11.9. The van der Waals surface area contributed by atoms with Gasteiger partial charge < -0.3 is 14.7 Å². The van der Waals surface area contributed by atoms with Gasteiger partial charge in [0.05, 0.1) is 17.3 Å². The summed E-state index contributed by atoms with van der Waals surface area (Å²) in [5, 5.41) is 11.8. The number of thiazole rings is 1. The van der Waals surface area contributed by atoms with Crippen LogP contribution in [0.4, 0.5) is 4.79 Å². The molecule has 18 heavy (non-hydrogen) atoms. The fraction of sp³-hybridized carbons (Fsp3) is 0.667. The first-order valence-electron chi connectivity index (χ1n) is 5.81. The van der Waals surface area contributed by atoms with Crippen LogP contribution in [-0.2, 0) is 11.3 Å². The number of aromatic nitrogens is 1. The van der Waals surface area contributed by atoms with E-state index in [1.54, 1.807) is 0 Å². The third-order valence-corrected chi connectivity index (χ3v) is 3.19. The Kier molecular flexibility index (Phi) is 5.10. The van der Waals surface area contributed by atoms with Gasteiger partial charge in [-0.25, -0.2) is 9.78 Å². The molecule has 1 N–H and O–H groups in total. The van der Waals surface area contributed by atoms with E-state index in [4.69, 9.17) is 9.84 Å². The van der Waals surface area contributed by atoms with E-state index in [1.165, 1.54) is 16.2 Å². The molecular formula is C12H20N2O3S. The summed E-state index contributed by atoms with van der Waals surface area (Å²) >= 11 is 1.52. The van der Waals surface area contributed by atoms with Gasteiger partial charge in [0, 0.05) is 17.5 Å². The lowest BCUT2D eigenvalue weighted by molar-refractivity contribution is 0.0529. The molecule has 0 aliphatic carbocycles. The Morgan fingerprint density at radius 3 is 2.67 bits per heavy atom. The number of rotatable bonds is 4. The monoisotopic (exact) mass is 272 g/mol. The first-order valence-corrected chi connectivity index (χ1v) is 6.69. The lowest BCUT2D eigenvalue weighted by Gasteiger charge is -2.34. The minimum atomic E-state index is -0.429. The molecule has 102 valence electrons. The molecule has 0 bridgehead atoms. The van der Waals surface area contributed by atoms with Crippen LogP contribution >= 0.6 is 11.3 Å². The molecule has 0 aromatic carbocycles. The van der Waals surface area contributed by atoms with Gasteiger partial charge in [0.15, 0.2) is 0 Å². The Labute approximate surface area is 111 Å². The molecule has 0 atom stereocenters. The summed E-state index contributed by atoms with van der Waals surface area (Å²) in [4.78, 5) is 17.7. The fourth-order valence-corrected chi connectivity index (χ4v) is 2.09. The molecule has 0 aliphatic rings. The zero-order chi connectivity index (χ0) is 13.8. The Bertz CT molecular complexity index is 398. The van der Waals surface area contributed by atoms with Gasteiger partial charge in [-0.15, -0.1) is 11.3 Å². The molecule has 5 nitrogen and oxygen atoms in total. The Hall–Kier alpha value is -1.14. The van der Waals surface area contributed by atoms with Crippen LogP contribution in [-0.4, -0.2) is 39.8 Å². The summed E-state index contributed by atoms with van der Waals surface area (Å²) < 4.78 is 5.20. The molecule has 1 amide bonds. The van der Waals surface area contributed by atoms with E-state index in [-0.39, 0.29) is 25.3 Å². The second-order valence-corrected chi connectivity index (χ2v) is 6.02. The van der Waals surface area contributed by atoms with E-state index in [0.29, 0.717) is 0 Å². The average Bonchev–Trinajstić information content (AvgIpc) is 2.67.